The van der Waals surface area contributed by atoms with E-state index in [-0.39, 0.29) is 6.85 Å². The quantitative estimate of drug-likeness (QED) is 0.163. The minimum Gasteiger partial charge on any atom is -0.376 e. The Kier molecular flexibility index (Phi) is 7.65. The van der Waals surface area contributed by atoms with E-state index in [4.69, 9.17) is 0 Å². The molecule has 0 unspecified atom stereocenters. The maximum Gasteiger partial charge on any atom is 0.333 e. The summed E-state index contributed by atoms with van der Waals surface area (Å²) in [6.45, 7) is 2.13. The fourth-order valence-corrected chi connectivity index (χ4v) is 12.1. The molecule has 0 aromatic heterocycles. The van der Waals surface area contributed by atoms with Crippen molar-refractivity contribution in [2.75, 3.05) is 9.71 Å². The summed E-state index contributed by atoms with van der Waals surface area (Å²) in [5, 5.41) is 0. The molecule has 302 valence electrons. The number of hydrogen-bond acceptors (Lipinski definition) is 2. The predicted octanol–water partition coefficient (Wildman–Crippen LogP) is 14.4. The van der Waals surface area contributed by atoms with E-state index in [1.54, 1.807) is 0 Å². The lowest BCUT2D eigenvalue weighted by molar-refractivity contribution is 0.753. The molecule has 0 fully saturated rings. The van der Waals surface area contributed by atoms with Crippen molar-refractivity contribution in [1.82, 2.24) is 0 Å². The highest BCUT2D eigenvalue weighted by molar-refractivity contribution is 6.93. The Bertz CT molecular complexity index is 3470. The van der Waals surface area contributed by atoms with Crippen molar-refractivity contribution >= 4 is 46.2 Å². The number of fused-ring (bicyclic) bond motifs is 13. The Morgan fingerprint density at radius 2 is 0.908 bits per heavy atom. The van der Waals surface area contributed by atoms with E-state index in [9.17, 15) is 0 Å². The van der Waals surface area contributed by atoms with Gasteiger partial charge in [-0.3, -0.25) is 0 Å². The molecule has 1 aliphatic carbocycles. The molecule has 0 N–H and O–H groups in total. The second kappa shape index (κ2) is 13.7. The Morgan fingerprint density at radius 3 is 1.55 bits per heavy atom. The number of nitrogens with zero attached hydrogens (tertiary/aromatic N) is 2. The first kappa shape index (κ1) is 36.4. The van der Waals surface area contributed by atoms with Crippen LogP contribution in [0, 0.1) is 6.92 Å². The molecular formula is C62H41BN2. The van der Waals surface area contributed by atoms with Crippen molar-refractivity contribution in [2.45, 2.75) is 12.3 Å². The van der Waals surface area contributed by atoms with E-state index in [0.717, 1.165) is 5.69 Å². The maximum atomic E-state index is 2.69. The number of benzene rings is 10. The van der Waals surface area contributed by atoms with E-state index < -0.39 is 5.41 Å². The van der Waals surface area contributed by atoms with Crippen LogP contribution in [0.4, 0.5) is 28.4 Å². The molecule has 0 bridgehead atoms. The van der Waals surface area contributed by atoms with Crippen molar-refractivity contribution in [3.63, 3.8) is 0 Å². The monoisotopic (exact) mass is 824 g/mol. The molecule has 14 rings (SSSR count). The highest BCUT2D eigenvalue weighted by Gasteiger charge is 2.55. The summed E-state index contributed by atoms with van der Waals surface area (Å²) in [4.78, 5) is 5.33. The number of aryl methyl sites for hydroxylation is 1. The summed E-state index contributed by atoms with van der Waals surface area (Å²) in [7, 11) is 0. The summed E-state index contributed by atoms with van der Waals surface area (Å²) in [6, 6.07) is 86.6. The first-order valence-electron chi connectivity index (χ1n) is 22.8. The molecule has 4 aliphatic rings. The predicted molar refractivity (Wildman–Crippen MR) is 272 cm³/mol. The number of rotatable bonds is 4. The van der Waals surface area contributed by atoms with Gasteiger partial charge in [0.15, 0.2) is 0 Å². The molecule has 10 aromatic carbocycles. The van der Waals surface area contributed by atoms with Crippen LogP contribution in [0.5, 0.6) is 0 Å². The lowest BCUT2D eigenvalue weighted by atomic mass is 9.42. The van der Waals surface area contributed by atoms with Gasteiger partial charge in [-0.2, -0.15) is 0 Å². The molecule has 3 aliphatic heterocycles. The third-order valence-electron chi connectivity index (χ3n) is 14.6. The summed E-state index contributed by atoms with van der Waals surface area (Å²) in [5.41, 5.74) is 27.2. The average molecular weight is 825 g/mol. The van der Waals surface area contributed by atoms with Crippen LogP contribution >= 0.6 is 0 Å². The largest absolute Gasteiger partial charge is 0.376 e. The van der Waals surface area contributed by atoms with Crippen molar-refractivity contribution in [2.24, 2.45) is 0 Å². The van der Waals surface area contributed by atoms with E-state index in [1.807, 2.05) is 0 Å². The van der Waals surface area contributed by atoms with Crippen LogP contribution in [-0.4, -0.2) is 6.85 Å². The molecule has 3 heterocycles. The van der Waals surface area contributed by atoms with Crippen LogP contribution in [0.15, 0.2) is 231 Å². The van der Waals surface area contributed by atoms with Crippen molar-refractivity contribution in [3.05, 3.63) is 258 Å². The van der Waals surface area contributed by atoms with E-state index in [1.165, 1.54) is 117 Å². The van der Waals surface area contributed by atoms with E-state index >= 15 is 0 Å². The zero-order valence-corrected chi connectivity index (χ0v) is 35.9. The topological polar surface area (TPSA) is 6.48 Å². The lowest BCUT2D eigenvalue weighted by Gasteiger charge is -2.51. The van der Waals surface area contributed by atoms with Gasteiger partial charge in [-0.15, -0.1) is 0 Å². The molecule has 65 heavy (non-hydrogen) atoms. The summed E-state index contributed by atoms with van der Waals surface area (Å²) in [6.07, 6.45) is 0. The Morgan fingerprint density at radius 1 is 0.354 bits per heavy atom. The van der Waals surface area contributed by atoms with Gasteiger partial charge in [-0.05, 0) is 132 Å². The molecule has 1 spiro atoms. The highest BCUT2D eigenvalue weighted by Crippen LogP contribution is 2.64. The minimum atomic E-state index is -0.513. The zero-order valence-electron chi connectivity index (χ0n) is 35.9. The molecule has 10 aromatic rings. The standard InChI is InChI=1S/C62H41BN2/c1-40-34-51-50-33-32-44(41-18-5-2-6-19-41)39-58(50)65(47-37-45(42-20-7-3-8-21-42)36-46(38-47)43-22-9-4-10-23-43)63-56-30-17-29-55-61(56)64(59(35-40)60(51)63)57-31-16-15-28-54(57)62(55)52-26-13-11-24-48(52)49-25-12-14-27-53(49)62/h2-39H,1H3. The second-order valence-corrected chi connectivity index (χ2v) is 18.1. The van der Waals surface area contributed by atoms with Gasteiger partial charge >= 0.3 is 6.85 Å². The van der Waals surface area contributed by atoms with Crippen LogP contribution in [0.1, 0.15) is 27.8 Å². The zero-order chi connectivity index (χ0) is 42.8. The number of anilines is 5. The minimum absolute atomic E-state index is 0.144. The van der Waals surface area contributed by atoms with Crippen molar-refractivity contribution < 1.29 is 0 Å². The van der Waals surface area contributed by atoms with E-state index in [2.05, 4.69) is 247 Å². The smallest absolute Gasteiger partial charge is 0.333 e. The molecule has 0 radical (unpaired) electrons. The first-order chi connectivity index (χ1) is 32.2. The number of para-hydroxylation sites is 2. The van der Waals surface area contributed by atoms with Crippen LogP contribution < -0.4 is 20.6 Å². The van der Waals surface area contributed by atoms with Gasteiger partial charge in [0.1, 0.15) is 0 Å². The van der Waals surface area contributed by atoms with Crippen LogP contribution in [0.3, 0.4) is 0 Å². The number of hydrogen-bond donors (Lipinski definition) is 0. The SMILES string of the molecule is Cc1cc2c3c(c1)N1c4ccccc4C4(c5ccccc5-c5ccccc54)c4cccc(c41)B3N(c1cc(-c3ccccc3)cc(-c3ccccc3)c1)c1cc(-c3ccccc3)ccc1-2. The Labute approximate surface area is 380 Å². The molecule has 0 amide bonds. The van der Waals surface area contributed by atoms with Crippen LogP contribution in [0.2, 0.25) is 0 Å². The van der Waals surface area contributed by atoms with Crippen LogP contribution in [0.25, 0.3) is 55.6 Å². The molecular weight excluding hydrogens is 784 g/mol. The third-order valence-corrected chi connectivity index (χ3v) is 14.6. The fourth-order valence-electron chi connectivity index (χ4n) is 12.1. The molecule has 0 saturated heterocycles. The third kappa shape index (κ3) is 5.01. The van der Waals surface area contributed by atoms with Gasteiger partial charge in [0, 0.05) is 28.3 Å². The van der Waals surface area contributed by atoms with Gasteiger partial charge < -0.3 is 9.71 Å². The van der Waals surface area contributed by atoms with Gasteiger partial charge in [-0.1, -0.05) is 194 Å². The lowest BCUT2D eigenvalue weighted by Crippen LogP contribution is -2.62. The Balaban J connectivity index is 1.12. The fraction of sp³-hybridized carbons (Fsp3) is 0.0323. The van der Waals surface area contributed by atoms with Gasteiger partial charge in [0.2, 0.25) is 0 Å². The van der Waals surface area contributed by atoms with E-state index in [0.29, 0.717) is 0 Å². The average Bonchev–Trinajstić information content (AvgIpc) is 3.67. The van der Waals surface area contributed by atoms with Crippen LogP contribution in [-0.2, 0) is 5.41 Å². The second-order valence-electron chi connectivity index (χ2n) is 18.1. The van der Waals surface area contributed by atoms with Gasteiger partial charge in [0.25, 0.3) is 0 Å². The first-order valence-corrected chi connectivity index (χ1v) is 22.8. The molecule has 0 atom stereocenters. The van der Waals surface area contributed by atoms with Gasteiger partial charge in [0.05, 0.1) is 11.1 Å². The van der Waals surface area contributed by atoms with Crippen molar-refractivity contribution in [1.29, 1.82) is 0 Å². The Hall–Kier alpha value is -8.14. The maximum absolute atomic E-state index is 2.69. The molecule has 0 saturated carbocycles. The normalized spacial score (nSPS) is 14.0. The molecule has 3 heteroatoms. The van der Waals surface area contributed by atoms with Crippen molar-refractivity contribution in [3.8, 4) is 55.6 Å². The summed E-state index contributed by atoms with van der Waals surface area (Å²) in [5.74, 6) is 0. The highest BCUT2D eigenvalue weighted by atomic mass is 15.2. The summed E-state index contributed by atoms with van der Waals surface area (Å²) < 4.78 is 0. The molecule has 2 nitrogen and oxygen atoms in total. The summed E-state index contributed by atoms with van der Waals surface area (Å²) >= 11 is 0. The van der Waals surface area contributed by atoms with Gasteiger partial charge in [-0.25, -0.2) is 0 Å².